The molecule has 2 rings (SSSR count). The van der Waals surface area contributed by atoms with Gasteiger partial charge < -0.3 is 0 Å². The Morgan fingerprint density at radius 1 is 1.27 bits per heavy atom. The van der Waals surface area contributed by atoms with Crippen LogP contribution in [0.4, 0.5) is 0 Å². The van der Waals surface area contributed by atoms with Crippen LogP contribution >= 0.6 is 11.6 Å². The third kappa shape index (κ3) is 3.05. The average molecular weight is 224 g/mol. The van der Waals surface area contributed by atoms with Crippen LogP contribution in [0.2, 0.25) is 5.02 Å². The Morgan fingerprint density at radius 3 is 2.67 bits per heavy atom. The van der Waals surface area contributed by atoms with E-state index in [1.54, 1.807) is 0 Å². The van der Waals surface area contributed by atoms with E-state index in [1.165, 1.54) is 5.56 Å². The van der Waals surface area contributed by atoms with Crippen LogP contribution in [0.1, 0.15) is 18.4 Å². The molecule has 1 fully saturated rings. The number of likely N-dealkylation sites (tertiary alicyclic amines) is 1. The molecule has 15 heavy (non-hydrogen) atoms. The molecule has 0 radical (unpaired) electrons. The minimum atomic E-state index is 0.386. The van der Waals surface area contributed by atoms with Gasteiger partial charge in [-0.25, -0.2) is 0 Å². The van der Waals surface area contributed by atoms with Crippen LogP contribution in [0.3, 0.4) is 0 Å². The number of rotatable bonds is 2. The van der Waals surface area contributed by atoms with Gasteiger partial charge in [-0.05, 0) is 17.7 Å². The maximum Gasteiger partial charge on any atom is 0.135 e. The lowest BCUT2D eigenvalue weighted by Crippen LogP contribution is -2.33. The molecule has 1 aliphatic heterocycles. The first-order valence-corrected chi connectivity index (χ1v) is 5.60. The van der Waals surface area contributed by atoms with Crippen LogP contribution < -0.4 is 0 Å². The van der Waals surface area contributed by atoms with Crippen LogP contribution in [0.25, 0.3) is 0 Å². The Labute approximate surface area is 94.8 Å². The predicted molar refractivity (Wildman–Crippen MR) is 61.0 cm³/mol. The van der Waals surface area contributed by atoms with Gasteiger partial charge in [0.25, 0.3) is 0 Å². The average Bonchev–Trinajstić information content (AvgIpc) is 2.22. The van der Waals surface area contributed by atoms with Crippen molar-refractivity contribution in [2.75, 3.05) is 13.1 Å². The highest BCUT2D eigenvalue weighted by molar-refractivity contribution is 6.30. The molecule has 0 spiro atoms. The molecule has 80 valence electrons. The normalized spacial score (nSPS) is 18.1. The number of carbonyl (C=O) groups is 1. The van der Waals surface area contributed by atoms with E-state index in [4.69, 9.17) is 11.6 Å². The summed E-state index contributed by atoms with van der Waals surface area (Å²) >= 11 is 5.91. The van der Waals surface area contributed by atoms with Gasteiger partial charge in [0.05, 0.1) is 0 Å². The van der Waals surface area contributed by atoms with Crippen molar-refractivity contribution < 1.29 is 4.79 Å². The number of halogens is 1. The van der Waals surface area contributed by atoms with E-state index in [-0.39, 0.29) is 0 Å². The number of carbonyl (C=O) groups excluding carboxylic acids is 1. The molecule has 0 N–H and O–H groups in total. The quantitative estimate of drug-likeness (QED) is 0.768. The first kappa shape index (κ1) is 10.7. The summed E-state index contributed by atoms with van der Waals surface area (Å²) in [5.41, 5.74) is 1.22. The number of hydrogen-bond donors (Lipinski definition) is 0. The van der Waals surface area contributed by atoms with Gasteiger partial charge >= 0.3 is 0 Å². The molecule has 0 aliphatic carbocycles. The van der Waals surface area contributed by atoms with E-state index in [0.717, 1.165) is 24.7 Å². The van der Waals surface area contributed by atoms with Crippen molar-refractivity contribution in [3.05, 3.63) is 34.9 Å². The SMILES string of the molecule is O=C1CCN(Cc2cccc(Cl)c2)CC1. The Balaban J connectivity index is 1.94. The lowest BCUT2D eigenvalue weighted by Gasteiger charge is -2.25. The molecule has 0 atom stereocenters. The Morgan fingerprint density at radius 2 is 2.00 bits per heavy atom. The van der Waals surface area contributed by atoms with Crippen molar-refractivity contribution in [1.82, 2.24) is 4.90 Å². The standard InChI is InChI=1S/C12H14ClNO/c13-11-3-1-2-10(8-11)9-14-6-4-12(15)5-7-14/h1-3,8H,4-7,9H2. The molecule has 3 heteroatoms. The molecule has 1 heterocycles. The van der Waals surface area contributed by atoms with Gasteiger partial charge in [0, 0.05) is 37.5 Å². The Kier molecular flexibility index (Phi) is 3.39. The lowest BCUT2D eigenvalue weighted by atomic mass is 10.1. The van der Waals surface area contributed by atoms with E-state index in [1.807, 2.05) is 18.2 Å². The van der Waals surface area contributed by atoms with Crippen molar-refractivity contribution in [2.45, 2.75) is 19.4 Å². The Hall–Kier alpha value is -0.860. The number of hydrogen-bond acceptors (Lipinski definition) is 2. The van der Waals surface area contributed by atoms with Crippen molar-refractivity contribution >= 4 is 17.4 Å². The van der Waals surface area contributed by atoms with Crippen molar-refractivity contribution in [3.63, 3.8) is 0 Å². The Bertz CT molecular complexity index is 354. The van der Waals surface area contributed by atoms with Gasteiger partial charge in [0.15, 0.2) is 0 Å². The molecule has 0 unspecified atom stereocenters. The summed E-state index contributed by atoms with van der Waals surface area (Å²) in [5.74, 6) is 0.386. The number of piperidine rings is 1. The van der Waals surface area contributed by atoms with Gasteiger partial charge in [-0.2, -0.15) is 0 Å². The zero-order valence-corrected chi connectivity index (χ0v) is 9.33. The molecule has 0 amide bonds. The fourth-order valence-corrected chi connectivity index (χ4v) is 2.07. The smallest absolute Gasteiger partial charge is 0.135 e. The second-order valence-corrected chi connectivity index (χ2v) is 4.38. The predicted octanol–water partition coefficient (Wildman–Crippen LogP) is 2.50. The highest BCUT2D eigenvalue weighted by Gasteiger charge is 2.15. The van der Waals surface area contributed by atoms with Gasteiger partial charge in [0.2, 0.25) is 0 Å². The highest BCUT2D eigenvalue weighted by Crippen LogP contribution is 2.14. The fraction of sp³-hybridized carbons (Fsp3) is 0.417. The molecule has 0 aromatic heterocycles. The fourth-order valence-electron chi connectivity index (χ4n) is 1.85. The summed E-state index contributed by atoms with van der Waals surface area (Å²) in [6.07, 6.45) is 1.39. The van der Waals surface area contributed by atoms with Crippen LogP contribution in [-0.4, -0.2) is 23.8 Å². The van der Waals surface area contributed by atoms with Crippen LogP contribution in [0.5, 0.6) is 0 Å². The van der Waals surface area contributed by atoms with E-state index >= 15 is 0 Å². The molecule has 0 saturated carbocycles. The van der Waals surface area contributed by atoms with Crippen molar-refractivity contribution in [1.29, 1.82) is 0 Å². The van der Waals surface area contributed by atoms with Crippen LogP contribution in [0.15, 0.2) is 24.3 Å². The molecule has 2 nitrogen and oxygen atoms in total. The third-order valence-corrected chi connectivity index (χ3v) is 2.94. The van der Waals surface area contributed by atoms with E-state index in [0.29, 0.717) is 18.6 Å². The lowest BCUT2D eigenvalue weighted by molar-refractivity contribution is -0.121. The first-order valence-electron chi connectivity index (χ1n) is 5.22. The number of Topliss-reactive ketones (excluding diaryl/α,β-unsaturated/α-hetero) is 1. The summed E-state index contributed by atoms with van der Waals surface area (Å²) in [6, 6.07) is 7.90. The second-order valence-electron chi connectivity index (χ2n) is 3.94. The monoisotopic (exact) mass is 223 g/mol. The maximum atomic E-state index is 11.1. The zero-order valence-electron chi connectivity index (χ0n) is 8.58. The van der Waals surface area contributed by atoms with E-state index < -0.39 is 0 Å². The summed E-state index contributed by atoms with van der Waals surface area (Å²) < 4.78 is 0. The second kappa shape index (κ2) is 4.77. The number of benzene rings is 1. The maximum absolute atomic E-state index is 11.1. The first-order chi connectivity index (χ1) is 7.24. The minimum absolute atomic E-state index is 0.386. The molecular formula is C12H14ClNO. The number of ketones is 1. The number of nitrogens with zero attached hydrogens (tertiary/aromatic N) is 1. The summed E-state index contributed by atoms with van der Waals surface area (Å²) in [5, 5.41) is 0.778. The van der Waals surface area contributed by atoms with E-state index in [9.17, 15) is 4.79 Å². The largest absolute Gasteiger partial charge is 0.300 e. The molecule has 1 aromatic carbocycles. The van der Waals surface area contributed by atoms with Gasteiger partial charge in [-0.3, -0.25) is 9.69 Å². The highest BCUT2D eigenvalue weighted by atomic mass is 35.5. The van der Waals surface area contributed by atoms with E-state index in [2.05, 4.69) is 11.0 Å². The van der Waals surface area contributed by atoms with Crippen LogP contribution in [0, 0.1) is 0 Å². The van der Waals surface area contributed by atoms with Crippen molar-refractivity contribution in [2.24, 2.45) is 0 Å². The third-order valence-electron chi connectivity index (χ3n) is 2.71. The molecule has 1 saturated heterocycles. The summed E-state index contributed by atoms with van der Waals surface area (Å²) in [6.45, 7) is 2.66. The van der Waals surface area contributed by atoms with Gasteiger partial charge in [0.1, 0.15) is 5.78 Å². The summed E-state index contributed by atoms with van der Waals surface area (Å²) in [7, 11) is 0. The molecule has 0 bridgehead atoms. The van der Waals surface area contributed by atoms with Gasteiger partial charge in [-0.15, -0.1) is 0 Å². The minimum Gasteiger partial charge on any atom is -0.300 e. The van der Waals surface area contributed by atoms with Crippen LogP contribution in [-0.2, 0) is 11.3 Å². The summed E-state index contributed by atoms with van der Waals surface area (Å²) in [4.78, 5) is 13.4. The molecular weight excluding hydrogens is 210 g/mol. The molecule has 1 aliphatic rings. The molecule has 1 aromatic rings. The van der Waals surface area contributed by atoms with Crippen molar-refractivity contribution in [3.8, 4) is 0 Å². The topological polar surface area (TPSA) is 20.3 Å². The zero-order chi connectivity index (χ0) is 10.7. The van der Waals surface area contributed by atoms with Gasteiger partial charge in [-0.1, -0.05) is 23.7 Å².